The molecule has 4 nitrogen and oxygen atoms in total. The van der Waals surface area contributed by atoms with Crippen LogP contribution in [0.1, 0.15) is 10.5 Å². The number of primary amides is 1. The van der Waals surface area contributed by atoms with Crippen LogP contribution >= 0.6 is 12.4 Å². The largest absolute Gasteiger partial charge is 0.451 e. The molecule has 1 amide bonds. The van der Waals surface area contributed by atoms with E-state index >= 15 is 0 Å². The van der Waals surface area contributed by atoms with E-state index in [0.717, 1.165) is 6.39 Å². The molecule has 0 saturated carbocycles. The topological polar surface area (TPSA) is 69.1 Å². The van der Waals surface area contributed by atoms with Crippen LogP contribution in [0.2, 0.25) is 0 Å². The fraction of sp³-hybridized carbons (Fsp3) is 0. The molecule has 2 N–H and O–H groups in total. The number of nitrogens with zero attached hydrogens (tertiary/aromatic N) is 1. The quantitative estimate of drug-likeness (QED) is 0.618. The number of aromatic nitrogens is 1. The maximum Gasteiger partial charge on any atom is 0.270 e. The van der Waals surface area contributed by atoms with Crippen molar-refractivity contribution in [1.29, 1.82) is 0 Å². The lowest BCUT2D eigenvalue weighted by molar-refractivity contribution is 0.0995. The molecule has 1 heterocycles. The number of carbonyl (C=O) groups is 1. The molecule has 0 saturated heterocycles. The third kappa shape index (κ3) is 1.73. The molecule has 0 aliphatic rings. The summed E-state index contributed by atoms with van der Waals surface area (Å²) >= 11 is 0. The van der Waals surface area contributed by atoms with Gasteiger partial charge in [-0.3, -0.25) is 4.79 Å². The Morgan fingerprint density at radius 3 is 2.67 bits per heavy atom. The minimum atomic E-state index is -0.571. The summed E-state index contributed by atoms with van der Waals surface area (Å²) in [5, 5.41) is 0. The molecular formula is C4H5ClN2O2. The standard InChI is InChI=1S/C4H4N2O2.ClH/c5-4(7)3-1-8-2-6-3;/h1-2H,(H2,5,7);1H. The summed E-state index contributed by atoms with van der Waals surface area (Å²) in [7, 11) is 0. The Kier molecular flexibility index (Phi) is 2.73. The second-order valence-electron chi connectivity index (χ2n) is 1.24. The first-order chi connectivity index (χ1) is 3.80. The van der Waals surface area contributed by atoms with E-state index in [2.05, 4.69) is 9.40 Å². The van der Waals surface area contributed by atoms with Gasteiger partial charge < -0.3 is 10.2 Å². The Labute approximate surface area is 57.5 Å². The SMILES string of the molecule is Cl.NC(=O)c1cocn1. The van der Waals surface area contributed by atoms with Gasteiger partial charge in [-0.1, -0.05) is 0 Å². The minimum absolute atomic E-state index is 0. The van der Waals surface area contributed by atoms with Gasteiger partial charge in [-0.2, -0.15) is 0 Å². The van der Waals surface area contributed by atoms with Gasteiger partial charge in [0.2, 0.25) is 0 Å². The van der Waals surface area contributed by atoms with Crippen molar-refractivity contribution in [3.05, 3.63) is 18.4 Å². The van der Waals surface area contributed by atoms with Gasteiger partial charge in [0.1, 0.15) is 6.26 Å². The predicted octanol–water partition coefficient (Wildman–Crippen LogP) is 0.195. The molecule has 1 aromatic rings. The summed E-state index contributed by atoms with van der Waals surface area (Å²) < 4.78 is 4.46. The summed E-state index contributed by atoms with van der Waals surface area (Å²) in [5.74, 6) is -0.571. The van der Waals surface area contributed by atoms with E-state index in [1.54, 1.807) is 0 Å². The van der Waals surface area contributed by atoms with Crippen LogP contribution in [0, 0.1) is 0 Å². The minimum Gasteiger partial charge on any atom is -0.451 e. The van der Waals surface area contributed by atoms with Crippen molar-refractivity contribution >= 4 is 18.3 Å². The van der Waals surface area contributed by atoms with E-state index in [4.69, 9.17) is 5.73 Å². The van der Waals surface area contributed by atoms with Crippen LogP contribution in [0.15, 0.2) is 17.1 Å². The summed E-state index contributed by atoms with van der Waals surface area (Å²) in [6.45, 7) is 0. The Morgan fingerprint density at radius 1 is 1.78 bits per heavy atom. The predicted molar refractivity (Wildman–Crippen MR) is 32.3 cm³/mol. The number of hydrogen-bond donors (Lipinski definition) is 1. The average Bonchev–Trinajstić information content (AvgIpc) is 2.12. The van der Waals surface area contributed by atoms with Crippen molar-refractivity contribution in [3.8, 4) is 0 Å². The summed E-state index contributed by atoms with van der Waals surface area (Å²) in [6, 6.07) is 0. The molecule has 0 unspecified atom stereocenters. The van der Waals surface area contributed by atoms with Crippen molar-refractivity contribution in [2.24, 2.45) is 5.73 Å². The fourth-order valence-corrected chi connectivity index (χ4v) is 0.334. The average molecular weight is 149 g/mol. The number of oxazole rings is 1. The zero-order valence-electron chi connectivity index (χ0n) is 4.40. The Morgan fingerprint density at radius 2 is 2.44 bits per heavy atom. The normalized spacial score (nSPS) is 8.00. The molecule has 0 fully saturated rings. The van der Waals surface area contributed by atoms with Crippen molar-refractivity contribution < 1.29 is 9.21 Å². The van der Waals surface area contributed by atoms with Crippen LogP contribution < -0.4 is 5.73 Å². The summed E-state index contributed by atoms with van der Waals surface area (Å²) in [5.41, 5.74) is 4.95. The van der Waals surface area contributed by atoms with Crippen LogP contribution in [0.4, 0.5) is 0 Å². The second kappa shape index (κ2) is 3.09. The lowest BCUT2D eigenvalue weighted by Crippen LogP contribution is -2.10. The smallest absolute Gasteiger partial charge is 0.270 e. The molecular weight excluding hydrogens is 144 g/mol. The van der Waals surface area contributed by atoms with E-state index in [1.807, 2.05) is 0 Å². The number of rotatable bonds is 1. The maximum absolute atomic E-state index is 10.2. The van der Waals surface area contributed by atoms with Crippen molar-refractivity contribution in [2.45, 2.75) is 0 Å². The Bertz CT molecular complexity index is 184. The van der Waals surface area contributed by atoms with E-state index in [1.165, 1.54) is 6.26 Å². The van der Waals surface area contributed by atoms with Gasteiger partial charge in [0, 0.05) is 0 Å². The molecule has 0 aliphatic heterocycles. The molecule has 1 rings (SSSR count). The van der Waals surface area contributed by atoms with Crippen molar-refractivity contribution in [3.63, 3.8) is 0 Å². The molecule has 0 atom stereocenters. The van der Waals surface area contributed by atoms with Gasteiger partial charge >= 0.3 is 0 Å². The van der Waals surface area contributed by atoms with Gasteiger partial charge in [0.15, 0.2) is 12.1 Å². The fourth-order valence-electron chi connectivity index (χ4n) is 0.334. The summed E-state index contributed by atoms with van der Waals surface area (Å²) in [4.78, 5) is 13.6. The monoisotopic (exact) mass is 148 g/mol. The van der Waals surface area contributed by atoms with Crippen molar-refractivity contribution in [1.82, 2.24) is 4.98 Å². The van der Waals surface area contributed by atoms with Crippen LogP contribution in [0.5, 0.6) is 0 Å². The van der Waals surface area contributed by atoms with Crippen LogP contribution in [-0.4, -0.2) is 10.9 Å². The van der Waals surface area contributed by atoms with Gasteiger partial charge in [-0.05, 0) is 0 Å². The van der Waals surface area contributed by atoms with Crippen LogP contribution in [-0.2, 0) is 0 Å². The van der Waals surface area contributed by atoms with Gasteiger partial charge in [0.05, 0.1) is 0 Å². The molecule has 1 aromatic heterocycles. The highest BCUT2D eigenvalue weighted by Crippen LogP contribution is 1.89. The van der Waals surface area contributed by atoms with Gasteiger partial charge in [-0.25, -0.2) is 4.98 Å². The highest BCUT2D eigenvalue weighted by atomic mass is 35.5. The number of amides is 1. The third-order valence-electron chi connectivity index (χ3n) is 0.685. The molecule has 0 radical (unpaired) electrons. The Balaban J connectivity index is 0.000000640. The molecule has 0 bridgehead atoms. The lowest BCUT2D eigenvalue weighted by Gasteiger charge is -1.77. The molecule has 0 spiro atoms. The Hall–Kier alpha value is -1.03. The molecule has 9 heavy (non-hydrogen) atoms. The highest BCUT2D eigenvalue weighted by molar-refractivity contribution is 5.90. The first-order valence-corrected chi connectivity index (χ1v) is 1.98. The van der Waals surface area contributed by atoms with E-state index < -0.39 is 5.91 Å². The van der Waals surface area contributed by atoms with Crippen molar-refractivity contribution in [2.75, 3.05) is 0 Å². The number of halogens is 1. The van der Waals surface area contributed by atoms with Gasteiger partial charge in [-0.15, -0.1) is 12.4 Å². The highest BCUT2D eigenvalue weighted by Gasteiger charge is 1.99. The number of hydrogen-bond acceptors (Lipinski definition) is 3. The number of nitrogens with two attached hydrogens (primary N) is 1. The first kappa shape index (κ1) is 7.97. The van der Waals surface area contributed by atoms with E-state index in [9.17, 15) is 4.79 Å². The third-order valence-corrected chi connectivity index (χ3v) is 0.685. The van der Waals surface area contributed by atoms with Crippen LogP contribution in [0.3, 0.4) is 0 Å². The zero-order chi connectivity index (χ0) is 5.98. The maximum atomic E-state index is 10.2. The molecule has 0 aromatic carbocycles. The van der Waals surface area contributed by atoms with Gasteiger partial charge in [0.25, 0.3) is 5.91 Å². The summed E-state index contributed by atoms with van der Waals surface area (Å²) in [6.07, 6.45) is 2.35. The molecule has 50 valence electrons. The lowest BCUT2D eigenvalue weighted by atomic mass is 10.5. The van der Waals surface area contributed by atoms with E-state index in [0.29, 0.717) is 0 Å². The molecule has 0 aliphatic carbocycles. The zero-order valence-corrected chi connectivity index (χ0v) is 5.22. The van der Waals surface area contributed by atoms with Crippen LogP contribution in [0.25, 0.3) is 0 Å². The number of carbonyl (C=O) groups excluding carboxylic acids is 1. The molecule has 5 heteroatoms. The van der Waals surface area contributed by atoms with E-state index in [-0.39, 0.29) is 18.1 Å². The first-order valence-electron chi connectivity index (χ1n) is 1.98. The second-order valence-corrected chi connectivity index (χ2v) is 1.24.